The van der Waals surface area contributed by atoms with Crippen molar-refractivity contribution in [2.75, 3.05) is 0 Å². The third-order valence-electron chi connectivity index (χ3n) is 0.362. The Labute approximate surface area is 67.3 Å². The van der Waals surface area contributed by atoms with Crippen molar-refractivity contribution < 1.29 is 36.5 Å². The van der Waals surface area contributed by atoms with Gasteiger partial charge in [0.2, 0.25) is 5.88 Å². The van der Waals surface area contributed by atoms with E-state index in [2.05, 4.69) is 10.5 Å². The van der Waals surface area contributed by atoms with Crippen molar-refractivity contribution in [2.45, 2.75) is 0 Å². The normalized spacial score (nSPS) is 9.40. The summed E-state index contributed by atoms with van der Waals surface area (Å²) in [4.78, 5) is 0. The van der Waals surface area contributed by atoms with Crippen LogP contribution in [0.2, 0.25) is 0 Å². The van der Waals surface area contributed by atoms with E-state index in [9.17, 15) is 0 Å². The molecule has 0 atom stereocenters. The van der Waals surface area contributed by atoms with Gasteiger partial charge in [0.15, 0.2) is 6.26 Å². The van der Waals surface area contributed by atoms with E-state index in [1.54, 1.807) is 0 Å². The standard InChI is InChI=1S/C4H7NO4.Ni/c5-3(6)1-9-2-4(7)8;/h1-2,6-8H,5H2;. The molecule has 0 aliphatic carbocycles. The van der Waals surface area contributed by atoms with E-state index in [1.165, 1.54) is 0 Å². The molecule has 62 valence electrons. The monoisotopic (exact) mass is 191 g/mol. The Bertz CT molecular complexity index is 120. The predicted molar refractivity (Wildman–Crippen MR) is 29.3 cm³/mol. The molecule has 0 spiro atoms. The van der Waals surface area contributed by atoms with Gasteiger partial charge in [-0.2, -0.15) is 0 Å². The fourth-order valence-electron chi connectivity index (χ4n) is 0.165. The fraction of sp³-hybridized carbons (Fsp3) is 0. The van der Waals surface area contributed by atoms with Crippen LogP contribution in [-0.2, 0) is 21.2 Å². The van der Waals surface area contributed by atoms with Crippen molar-refractivity contribution in [1.82, 2.24) is 0 Å². The summed E-state index contributed by atoms with van der Waals surface area (Å²) < 4.78 is 4.16. The number of hydrogen-bond acceptors (Lipinski definition) is 5. The van der Waals surface area contributed by atoms with Crippen LogP contribution in [0.25, 0.3) is 0 Å². The summed E-state index contributed by atoms with van der Waals surface area (Å²) in [6, 6.07) is 0. The zero-order chi connectivity index (χ0) is 7.28. The molecule has 5 nitrogen and oxygen atoms in total. The van der Waals surface area contributed by atoms with E-state index in [-0.39, 0.29) is 16.5 Å². The molecule has 0 fully saturated rings. The molecule has 5 N–H and O–H groups in total. The fourth-order valence-corrected chi connectivity index (χ4v) is 0.165. The van der Waals surface area contributed by atoms with E-state index in [0.717, 1.165) is 6.26 Å². The largest absolute Gasteiger partial charge is 0.493 e. The average Bonchev–Trinajstić information content (AvgIpc) is 1.63. The van der Waals surface area contributed by atoms with E-state index < -0.39 is 11.8 Å². The number of aliphatic hydroxyl groups excluding tert-OH is 2. The minimum absolute atomic E-state index is 0. The summed E-state index contributed by atoms with van der Waals surface area (Å²) in [5.41, 5.74) is 4.68. The summed E-state index contributed by atoms with van der Waals surface area (Å²) >= 11 is 0. The Balaban J connectivity index is 0. The smallest absolute Gasteiger partial charge is 0.311 e. The minimum atomic E-state index is -0.993. The summed E-state index contributed by atoms with van der Waals surface area (Å²) in [7, 11) is 0. The van der Waals surface area contributed by atoms with E-state index in [4.69, 9.17) is 15.3 Å². The van der Waals surface area contributed by atoms with Crippen molar-refractivity contribution in [1.29, 1.82) is 0 Å². The van der Waals surface area contributed by atoms with Gasteiger partial charge in [0.1, 0.15) is 6.26 Å². The molecule has 0 unspecified atom stereocenters. The molecule has 0 rings (SSSR count). The quantitative estimate of drug-likeness (QED) is 0.370. The first-order chi connectivity index (χ1) is 4.13. The molecule has 6 heteroatoms. The van der Waals surface area contributed by atoms with Crippen LogP contribution in [0, 0.1) is 0 Å². The Morgan fingerprint density at radius 2 is 1.70 bits per heavy atom. The summed E-state index contributed by atoms with van der Waals surface area (Å²) in [5.74, 6) is -1.54. The molecule has 10 heavy (non-hydrogen) atoms. The molecule has 0 radical (unpaired) electrons. The first-order valence-electron chi connectivity index (χ1n) is 2.01. The van der Waals surface area contributed by atoms with Crippen molar-refractivity contribution in [3.8, 4) is 0 Å². The zero-order valence-electron chi connectivity index (χ0n) is 4.80. The number of nitrogens with two attached hydrogens (primary N) is 1. The van der Waals surface area contributed by atoms with Gasteiger partial charge in [0.25, 0.3) is 0 Å². The van der Waals surface area contributed by atoms with Gasteiger partial charge in [0.05, 0.1) is 0 Å². The van der Waals surface area contributed by atoms with Gasteiger partial charge in [-0.25, -0.2) is 0 Å². The van der Waals surface area contributed by atoms with Gasteiger partial charge in [-0.15, -0.1) is 0 Å². The first-order valence-corrected chi connectivity index (χ1v) is 2.01. The third kappa shape index (κ3) is 10.1. The maximum atomic E-state index is 8.19. The average molecular weight is 192 g/mol. The van der Waals surface area contributed by atoms with Gasteiger partial charge in [0, 0.05) is 16.5 Å². The topological polar surface area (TPSA) is 95.9 Å². The Kier molecular flexibility index (Phi) is 7.16. The van der Waals surface area contributed by atoms with E-state index in [0.29, 0.717) is 6.26 Å². The first kappa shape index (κ1) is 11.7. The molecule has 0 heterocycles. The second kappa shape index (κ2) is 6.10. The van der Waals surface area contributed by atoms with Gasteiger partial charge in [-0.05, 0) is 0 Å². The molecular weight excluding hydrogens is 185 g/mol. The van der Waals surface area contributed by atoms with Gasteiger partial charge < -0.3 is 25.8 Å². The van der Waals surface area contributed by atoms with Crippen molar-refractivity contribution in [3.05, 3.63) is 24.4 Å². The summed E-state index contributed by atoms with van der Waals surface area (Å²) in [6.07, 6.45) is 1.34. The molecule has 0 saturated heterocycles. The molecular formula is C4H7NNiO4. The van der Waals surface area contributed by atoms with Gasteiger partial charge >= 0.3 is 5.95 Å². The van der Waals surface area contributed by atoms with Crippen LogP contribution in [0.3, 0.4) is 0 Å². The molecule has 0 aliphatic heterocycles. The van der Waals surface area contributed by atoms with Crippen LogP contribution in [0.1, 0.15) is 0 Å². The van der Waals surface area contributed by atoms with E-state index >= 15 is 0 Å². The molecule has 0 aromatic rings. The van der Waals surface area contributed by atoms with Crippen LogP contribution in [0.4, 0.5) is 0 Å². The molecule has 0 amide bonds. The van der Waals surface area contributed by atoms with Gasteiger partial charge in [-0.1, -0.05) is 0 Å². The van der Waals surface area contributed by atoms with Crippen LogP contribution in [-0.4, -0.2) is 15.3 Å². The van der Waals surface area contributed by atoms with Crippen LogP contribution >= 0.6 is 0 Å². The molecule has 0 saturated carbocycles. The maximum Gasteiger partial charge on any atom is 0.311 e. The summed E-state index contributed by atoms with van der Waals surface area (Å²) in [5, 5.41) is 24.2. The third-order valence-corrected chi connectivity index (χ3v) is 0.362. The predicted octanol–water partition coefficient (Wildman–Crippen LogP) is 0.231. The SMILES string of the molecule is NC(O)=COC=C(O)O.[Ni]. The molecule has 0 aromatic carbocycles. The van der Waals surface area contributed by atoms with Crippen LogP contribution in [0.15, 0.2) is 24.4 Å². The van der Waals surface area contributed by atoms with Crippen LogP contribution in [0.5, 0.6) is 0 Å². The second-order valence-electron chi connectivity index (χ2n) is 1.15. The van der Waals surface area contributed by atoms with Crippen molar-refractivity contribution in [3.63, 3.8) is 0 Å². The van der Waals surface area contributed by atoms with Crippen LogP contribution < -0.4 is 5.73 Å². The number of aliphatic hydroxyl groups is 3. The number of ether oxygens (including phenoxy) is 1. The Hall–Kier alpha value is -1.03. The van der Waals surface area contributed by atoms with Gasteiger partial charge in [-0.3, -0.25) is 0 Å². The Morgan fingerprint density at radius 1 is 1.20 bits per heavy atom. The minimum Gasteiger partial charge on any atom is -0.493 e. The molecule has 0 aliphatic rings. The maximum absolute atomic E-state index is 8.19. The zero-order valence-corrected chi connectivity index (χ0v) is 5.79. The molecule has 0 aromatic heterocycles. The summed E-state index contributed by atoms with van der Waals surface area (Å²) in [6.45, 7) is 0. The molecule has 0 bridgehead atoms. The number of rotatable bonds is 2. The second-order valence-corrected chi connectivity index (χ2v) is 1.15. The number of hydrogen-bond donors (Lipinski definition) is 4. The van der Waals surface area contributed by atoms with Crippen molar-refractivity contribution in [2.24, 2.45) is 5.73 Å². The Morgan fingerprint density at radius 3 is 2.00 bits per heavy atom. The van der Waals surface area contributed by atoms with Crippen molar-refractivity contribution >= 4 is 0 Å². The van der Waals surface area contributed by atoms with E-state index in [1.807, 2.05) is 0 Å².